The van der Waals surface area contributed by atoms with Gasteiger partial charge in [0.15, 0.2) is 0 Å². The molecule has 2 fully saturated rings. The standard InChI is InChI=1S/C19H26ClN5O3S/c1-23(17-5-3-2-4-6-17)29(27,28)25-11-9-24(10-12-25)19(26)22-16-8-7-15(14-21)18(20)13-16/h7-8,13,17H,2-6,9-12H2,1H3,(H,22,26). The van der Waals surface area contributed by atoms with Crippen LogP contribution in [0.3, 0.4) is 0 Å². The maximum atomic E-state index is 12.9. The van der Waals surface area contributed by atoms with Crippen LogP contribution in [0.4, 0.5) is 10.5 Å². The van der Waals surface area contributed by atoms with Crippen molar-refractivity contribution < 1.29 is 13.2 Å². The van der Waals surface area contributed by atoms with Crippen molar-refractivity contribution in [1.29, 1.82) is 5.26 Å². The second kappa shape index (κ2) is 9.30. The van der Waals surface area contributed by atoms with Crippen LogP contribution in [0.1, 0.15) is 37.7 Å². The summed E-state index contributed by atoms with van der Waals surface area (Å²) in [5.74, 6) is 0. The number of hydrogen-bond acceptors (Lipinski definition) is 4. The molecule has 0 aromatic heterocycles. The molecule has 0 bridgehead atoms. The average Bonchev–Trinajstić information content (AvgIpc) is 2.74. The Hall–Kier alpha value is -1.86. The molecule has 0 unspecified atom stereocenters. The number of hydrogen-bond donors (Lipinski definition) is 1. The van der Waals surface area contributed by atoms with E-state index in [1.807, 2.05) is 6.07 Å². The summed E-state index contributed by atoms with van der Waals surface area (Å²) in [5, 5.41) is 11.9. The molecule has 1 aromatic rings. The van der Waals surface area contributed by atoms with Gasteiger partial charge in [-0.15, -0.1) is 0 Å². The van der Waals surface area contributed by atoms with Crippen molar-refractivity contribution in [3.8, 4) is 6.07 Å². The summed E-state index contributed by atoms with van der Waals surface area (Å²) in [6.07, 6.45) is 5.12. The molecule has 1 aliphatic carbocycles. The molecule has 1 aromatic carbocycles. The maximum Gasteiger partial charge on any atom is 0.321 e. The van der Waals surface area contributed by atoms with Crippen LogP contribution in [0.15, 0.2) is 18.2 Å². The van der Waals surface area contributed by atoms with Crippen molar-refractivity contribution in [3.05, 3.63) is 28.8 Å². The molecule has 2 amide bonds. The molecule has 0 spiro atoms. The minimum absolute atomic E-state index is 0.0659. The summed E-state index contributed by atoms with van der Waals surface area (Å²) >= 11 is 6.00. The highest BCUT2D eigenvalue weighted by molar-refractivity contribution is 7.86. The van der Waals surface area contributed by atoms with Gasteiger partial charge >= 0.3 is 6.03 Å². The van der Waals surface area contributed by atoms with E-state index >= 15 is 0 Å². The molecule has 1 saturated carbocycles. The van der Waals surface area contributed by atoms with E-state index in [1.54, 1.807) is 24.1 Å². The van der Waals surface area contributed by atoms with Crippen molar-refractivity contribution in [3.63, 3.8) is 0 Å². The van der Waals surface area contributed by atoms with Crippen molar-refractivity contribution in [1.82, 2.24) is 13.5 Å². The lowest BCUT2D eigenvalue weighted by molar-refractivity contribution is 0.178. The second-order valence-corrected chi connectivity index (χ2v) is 9.83. The monoisotopic (exact) mass is 439 g/mol. The number of piperazine rings is 1. The molecule has 1 saturated heterocycles. The first-order valence-electron chi connectivity index (χ1n) is 9.81. The summed E-state index contributed by atoms with van der Waals surface area (Å²) in [5.41, 5.74) is 0.830. The first-order chi connectivity index (χ1) is 13.8. The summed E-state index contributed by atoms with van der Waals surface area (Å²) in [7, 11) is -1.86. The van der Waals surface area contributed by atoms with Gasteiger partial charge in [-0.05, 0) is 31.0 Å². The number of urea groups is 1. The number of nitrogens with one attached hydrogen (secondary N) is 1. The van der Waals surface area contributed by atoms with Gasteiger partial charge in [-0.1, -0.05) is 30.9 Å². The van der Waals surface area contributed by atoms with Crippen LogP contribution in [0, 0.1) is 11.3 Å². The number of amides is 2. The van der Waals surface area contributed by atoms with E-state index in [0.717, 1.165) is 25.7 Å². The van der Waals surface area contributed by atoms with E-state index in [1.165, 1.54) is 21.1 Å². The Bertz CT molecular complexity index is 888. The summed E-state index contributed by atoms with van der Waals surface area (Å²) < 4.78 is 28.9. The molecule has 8 nitrogen and oxygen atoms in total. The van der Waals surface area contributed by atoms with Gasteiger partial charge in [0.1, 0.15) is 6.07 Å². The highest BCUT2D eigenvalue weighted by Gasteiger charge is 2.35. The number of halogens is 1. The SMILES string of the molecule is CN(C1CCCCC1)S(=O)(=O)N1CCN(C(=O)Nc2ccc(C#N)c(Cl)c2)CC1. The molecule has 3 rings (SSSR count). The van der Waals surface area contributed by atoms with Crippen molar-refractivity contribution in [2.24, 2.45) is 0 Å². The van der Waals surface area contributed by atoms with Gasteiger partial charge < -0.3 is 10.2 Å². The van der Waals surface area contributed by atoms with Crippen molar-refractivity contribution >= 4 is 33.5 Å². The zero-order valence-electron chi connectivity index (χ0n) is 16.5. The third-order valence-corrected chi connectivity index (χ3v) is 8.00. The van der Waals surface area contributed by atoms with E-state index in [9.17, 15) is 13.2 Å². The Kier molecular flexibility index (Phi) is 7.01. The van der Waals surface area contributed by atoms with Gasteiger partial charge in [-0.3, -0.25) is 0 Å². The van der Waals surface area contributed by atoms with Crippen LogP contribution < -0.4 is 5.32 Å². The Morgan fingerprint density at radius 2 is 1.86 bits per heavy atom. The van der Waals surface area contributed by atoms with Gasteiger partial charge in [0.2, 0.25) is 0 Å². The van der Waals surface area contributed by atoms with Gasteiger partial charge in [0.25, 0.3) is 10.2 Å². The summed E-state index contributed by atoms with van der Waals surface area (Å²) in [6, 6.07) is 6.40. The van der Waals surface area contributed by atoms with Crippen LogP contribution in [-0.4, -0.2) is 67.2 Å². The molecular formula is C19H26ClN5O3S. The van der Waals surface area contributed by atoms with E-state index in [0.29, 0.717) is 24.3 Å². The van der Waals surface area contributed by atoms with E-state index in [2.05, 4.69) is 5.32 Å². The molecule has 1 aliphatic heterocycles. The minimum Gasteiger partial charge on any atom is -0.322 e. The lowest BCUT2D eigenvalue weighted by Gasteiger charge is -2.38. The zero-order chi connectivity index (χ0) is 21.0. The fourth-order valence-electron chi connectivity index (χ4n) is 3.82. The highest BCUT2D eigenvalue weighted by Crippen LogP contribution is 2.25. The number of carbonyl (C=O) groups is 1. The topological polar surface area (TPSA) is 96.8 Å². The Labute approximate surface area is 177 Å². The summed E-state index contributed by atoms with van der Waals surface area (Å²) in [6.45, 7) is 1.16. The Balaban J connectivity index is 1.56. The zero-order valence-corrected chi connectivity index (χ0v) is 18.0. The predicted molar refractivity (Wildman–Crippen MR) is 112 cm³/mol. The predicted octanol–water partition coefficient (Wildman–Crippen LogP) is 2.87. The maximum absolute atomic E-state index is 12.9. The average molecular weight is 440 g/mol. The fraction of sp³-hybridized carbons (Fsp3) is 0.579. The number of benzene rings is 1. The molecule has 2 aliphatic rings. The van der Waals surface area contributed by atoms with E-state index in [-0.39, 0.29) is 30.2 Å². The molecule has 1 N–H and O–H groups in total. The number of nitriles is 1. The lowest BCUT2D eigenvalue weighted by atomic mass is 9.96. The molecule has 29 heavy (non-hydrogen) atoms. The van der Waals surface area contributed by atoms with Crippen molar-refractivity contribution in [2.45, 2.75) is 38.1 Å². The molecule has 1 heterocycles. The second-order valence-electron chi connectivity index (χ2n) is 7.44. The van der Waals surface area contributed by atoms with Crippen LogP contribution in [0.5, 0.6) is 0 Å². The highest BCUT2D eigenvalue weighted by atomic mass is 35.5. The van der Waals surface area contributed by atoms with Crippen LogP contribution in [0.25, 0.3) is 0 Å². The third kappa shape index (κ3) is 5.01. The molecule has 158 valence electrons. The third-order valence-electron chi connectivity index (χ3n) is 5.65. The normalized spacial score (nSPS) is 19.2. The van der Waals surface area contributed by atoms with Gasteiger partial charge in [0.05, 0.1) is 10.6 Å². The first kappa shape index (κ1) is 21.8. The minimum atomic E-state index is -3.52. The van der Waals surface area contributed by atoms with Gasteiger partial charge in [0, 0.05) is 45.0 Å². The number of rotatable bonds is 4. The van der Waals surface area contributed by atoms with Crippen molar-refractivity contribution in [2.75, 3.05) is 38.5 Å². The molecule has 0 radical (unpaired) electrons. The van der Waals surface area contributed by atoms with Crippen LogP contribution in [0.2, 0.25) is 5.02 Å². The van der Waals surface area contributed by atoms with Crippen LogP contribution in [-0.2, 0) is 10.2 Å². The number of carbonyl (C=O) groups excluding carboxylic acids is 1. The van der Waals surface area contributed by atoms with Gasteiger partial charge in [-0.25, -0.2) is 4.79 Å². The lowest BCUT2D eigenvalue weighted by Crippen LogP contribution is -2.55. The number of anilines is 1. The van der Waals surface area contributed by atoms with Gasteiger partial charge in [-0.2, -0.15) is 22.3 Å². The first-order valence-corrected chi connectivity index (χ1v) is 11.6. The molecule has 10 heteroatoms. The molecule has 0 atom stereocenters. The Morgan fingerprint density at radius 1 is 1.21 bits per heavy atom. The molecular weight excluding hydrogens is 414 g/mol. The van der Waals surface area contributed by atoms with E-state index in [4.69, 9.17) is 16.9 Å². The quantitative estimate of drug-likeness (QED) is 0.779. The smallest absolute Gasteiger partial charge is 0.321 e. The summed E-state index contributed by atoms with van der Waals surface area (Å²) in [4.78, 5) is 14.1. The Morgan fingerprint density at radius 3 is 2.45 bits per heavy atom. The number of nitrogens with zero attached hydrogens (tertiary/aromatic N) is 4. The largest absolute Gasteiger partial charge is 0.322 e. The fourth-order valence-corrected chi connectivity index (χ4v) is 5.62. The van der Waals surface area contributed by atoms with E-state index < -0.39 is 10.2 Å². The van der Waals surface area contributed by atoms with Crippen LogP contribution >= 0.6 is 11.6 Å².